The molecule has 0 spiro atoms. The van der Waals surface area contributed by atoms with Crippen molar-refractivity contribution in [1.82, 2.24) is 10.1 Å². The monoisotopic (exact) mass is 355 g/mol. The third kappa shape index (κ3) is 3.61. The van der Waals surface area contributed by atoms with Crippen LogP contribution in [0.2, 0.25) is 5.02 Å². The summed E-state index contributed by atoms with van der Waals surface area (Å²) < 4.78 is 5.39. The van der Waals surface area contributed by atoms with E-state index in [2.05, 4.69) is 16.2 Å². The molecule has 24 heavy (non-hydrogen) atoms. The van der Waals surface area contributed by atoms with Gasteiger partial charge in [-0.15, -0.1) is 0 Å². The number of nitrogens with zero attached hydrogens (tertiary/aromatic N) is 3. The van der Waals surface area contributed by atoms with Gasteiger partial charge < -0.3 is 4.52 Å². The summed E-state index contributed by atoms with van der Waals surface area (Å²) in [6, 6.07) is 13.5. The lowest BCUT2D eigenvalue weighted by Crippen LogP contribution is -1.94. The summed E-state index contributed by atoms with van der Waals surface area (Å²) in [5.74, 6) is 1.29. The van der Waals surface area contributed by atoms with E-state index in [1.165, 1.54) is 11.8 Å². The first-order valence-corrected chi connectivity index (χ1v) is 8.66. The Bertz CT molecular complexity index is 913. The average molecular weight is 356 g/mol. The normalized spacial score (nSPS) is 10.6. The maximum atomic E-state index is 9.31. The molecule has 0 fully saturated rings. The Hall–Kier alpha value is -2.29. The van der Waals surface area contributed by atoms with Crippen LogP contribution in [0.1, 0.15) is 22.6 Å². The first-order chi connectivity index (χ1) is 11.6. The van der Waals surface area contributed by atoms with E-state index in [0.29, 0.717) is 16.3 Å². The van der Waals surface area contributed by atoms with Gasteiger partial charge in [0, 0.05) is 22.3 Å². The van der Waals surface area contributed by atoms with Crippen molar-refractivity contribution >= 4 is 23.4 Å². The summed E-state index contributed by atoms with van der Waals surface area (Å²) in [5, 5.41) is 14.8. The lowest BCUT2D eigenvalue weighted by atomic mass is 10.1. The summed E-state index contributed by atoms with van der Waals surface area (Å²) in [5.41, 5.74) is 4.15. The maximum Gasteiger partial charge on any atom is 0.147 e. The Balaban J connectivity index is 1.77. The Morgan fingerprint density at radius 3 is 2.67 bits per heavy atom. The summed E-state index contributed by atoms with van der Waals surface area (Å²) in [6.07, 6.45) is 0. The van der Waals surface area contributed by atoms with Gasteiger partial charge in [0.2, 0.25) is 0 Å². The third-order valence-corrected chi connectivity index (χ3v) is 4.72. The van der Waals surface area contributed by atoms with Crippen molar-refractivity contribution in [2.24, 2.45) is 0 Å². The molecule has 3 rings (SSSR count). The molecule has 2 aromatic heterocycles. The molecule has 6 heteroatoms. The van der Waals surface area contributed by atoms with Gasteiger partial charge in [0.25, 0.3) is 0 Å². The molecule has 0 aliphatic carbocycles. The lowest BCUT2D eigenvalue weighted by molar-refractivity contribution is 0.397. The van der Waals surface area contributed by atoms with Crippen molar-refractivity contribution in [3.8, 4) is 17.3 Å². The van der Waals surface area contributed by atoms with Crippen molar-refractivity contribution in [1.29, 1.82) is 5.26 Å². The van der Waals surface area contributed by atoms with Crippen molar-refractivity contribution in [3.63, 3.8) is 0 Å². The molecule has 0 saturated carbocycles. The molecule has 1 aromatic carbocycles. The van der Waals surface area contributed by atoms with Crippen LogP contribution in [0, 0.1) is 25.2 Å². The number of halogens is 1. The average Bonchev–Trinajstić information content (AvgIpc) is 3.02. The van der Waals surface area contributed by atoms with E-state index in [0.717, 1.165) is 33.3 Å². The zero-order valence-electron chi connectivity index (χ0n) is 13.2. The fraction of sp³-hybridized carbons (Fsp3) is 0.167. The van der Waals surface area contributed by atoms with E-state index in [-0.39, 0.29) is 0 Å². The Morgan fingerprint density at radius 1 is 1.21 bits per heavy atom. The van der Waals surface area contributed by atoms with Gasteiger partial charge in [-0.2, -0.15) is 5.26 Å². The quantitative estimate of drug-likeness (QED) is 0.604. The molecule has 0 saturated heterocycles. The number of benzene rings is 1. The maximum absolute atomic E-state index is 9.31. The molecule has 120 valence electrons. The second-order valence-electron chi connectivity index (χ2n) is 5.35. The number of aryl methyl sites for hydroxylation is 2. The van der Waals surface area contributed by atoms with Crippen molar-refractivity contribution in [2.45, 2.75) is 24.6 Å². The number of pyridine rings is 1. The predicted molar refractivity (Wildman–Crippen MR) is 94.9 cm³/mol. The number of thioether (sulfide) groups is 1. The van der Waals surface area contributed by atoms with E-state index in [9.17, 15) is 5.26 Å². The lowest BCUT2D eigenvalue weighted by Gasteiger charge is -2.05. The summed E-state index contributed by atoms with van der Waals surface area (Å²) in [7, 11) is 0. The molecule has 3 aromatic rings. The molecule has 0 aliphatic rings. The van der Waals surface area contributed by atoms with Gasteiger partial charge >= 0.3 is 0 Å². The van der Waals surface area contributed by atoms with Gasteiger partial charge in [0.15, 0.2) is 0 Å². The molecule has 0 radical (unpaired) electrons. The number of rotatable bonds is 4. The molecule has 4 nitrogen and oxygen atoms in total. The van der Waals surface area contributed by atoms with Crippen molar-refractivity contribution in [3.05, 3.63) is 64.0 Å². The molecule has 0 atom stereocenters. The fourth-order valence-electron chi connectivity index (χ4n) is 2.32. The number of aromatic nitrogens is 2. The van der Waals surface area contributed by atoms with Crippen LogP contribution in [0.25, 0.3) is 11.3 Å². The van der Waals surface area contributed by atoms with Crippen LogP contribution in [-0.2, 0) is 5.75 Å². The van der Waals surface area contributed by atoms with Gasteiger partial charge in [0.05, 0.1) is 11.3 Å². The van der Waals surface area contributed by atoms with Crippen molar-refractivity contribution in [2.75, 3.05) is 0 Å². The largest absolute Gasteiger partial charge is 0.360 e. The molecular weight excluding hydrogens is 342 g/mol. The Morgan fingerprint density at radius 2 is 1.96 bits per heavy atom. The first kappa shape index (κ1) is 16.6. The van der Waals surface area contributed by atoms with Gasteiger partial charge in [-0.05, 0) is 37.6 Å². The highest BCUT2D eigenvalue weighted by atomic mass is 35.5. The minimum atomic E-state index is 0.561. The zero-order chi connectivity index (χ0) is 17.1. The highest BCUT2D eigenvalue weighted by Gasteiger charge is 2.12. The number of nitriles is 1. The van der Waals surface area contributed by atoms with E-state index >= 15 is 0 Å². The topological polar surface area (TPSA) is 62.7 Å². The van der Waals surface area contributed by atoms with Crippen LogP contribution in [-0.4, -0.2) is 10.1 Å². The van der Waals surface area contributed by atoms with Gasteiger partial charge in [0.1, 0.15) is 22.5 Å². The highest BCUT2D eigenvalue weighted by Crippen LogP contribution is 2.28. The van der Waals surface area contributed by atoms with Crippen molar-refractivity contribution < 1.29 is 4.52 Å². The van der Waals surface area contributed by atoms with E-state index in [1.54, 1.807) is 0 Å². The molecule has 0 amide bonds. The molecule has 2 heterocycles. The van der Waals surface area contributed by atoms with Crippen LogP contribution in [0.15, 0.2) is 45.9 Å². The van der Waals surface area contributed by atoms with Gasteiger partial charge in [-0.3, -0.25) is 0 Å². The van der Waals surface area contributed by atoms with Crippen LogP contribution in [0.5, 0.6) is 0 Å². The second kappa shape index (κ2) is 7.08. The molecular formula is C18H14ClN3OS. The zero-order valence-corrected chi connectivity index (χ0v) is 14.8. The van der Waals surface area contributed by atoms with Crippen LogP contribution in [0.3, 0.4) is 0 Å². The predicted octanol–water partition coefficient (Wildman–Crippen LogP) is 5.17. The van der Waals surface area contributed by atoms with E-state index in [4.69, 9.17) is 16.1 Å². The van der Waals surface area contributed by atoms with Gasteiger partial charge in [-0.25, -0.2) is 4.98 Å². The van der Waals surface area contributed by atoms with Crippen LogP contribution in [0.4, 0.5) is 0 Å². The molecule has 0 unspecified atom stereocenters. The SMILES string of the molecule is Cc1cc(C)c(C#N)c(SCc2cc(-c3ccc(Cl)cc3)no2)n1. The highest BCUT2D eigenvalue weighted by molar-refractivity contribution is 7.98. The van der Waals surface area contributed by atoms with Crippen LogP contribution < -0.4 is 0 Å². The standard InChI is InChI=1S/C18H14ClN3OS/c1-11-7-12(2)21-18(16(11)9-20)24-10-15-8-17(22-23-15)13-3-5-14(19)6-4-13/h3-8H,10H2,1-2H3. The minimum absolute atomic E-state index is 0.561. The molecule has 0 bridgehead atoms. The molecule has 0 aliphatic heterocycles. The summed E-state index contributed by atoms with van der Waals surface area (Å²) in [6.45, 7) is 3.84. The smallest absolute Gasteiger partial charge is 0.147 e. The second-order valence-corrected chi connectivity index (χ2v) is 6.75. The van der Waals surface area contributed by atoms with Crippen LogP contribution >= 0.6 is 23.4 Å². The third-order valence-electron chi connectivity index (χ3n) is 3.47. The Kier molecular flexibility index (Phi) is 4.89. The van der Waals surface area contributed by atoms with Gasteiger partial charge in [-0.1, -0.05) is 40.7 Å². The molecule has 0 N–H and O–H groups in total. The summed E-state index contributed by atoms with van der Waals surface area (Å²) >= 11 is 7.37. The minimum Gasteiger partial charge on any atom is -0.360 e. The Labute approximate surface area is 149 Å². The first-order valence-electron chi connectivity index (χ1n) is 7.29. The van der Waals surface area contributed by atoms with E-state index in [1.807, 2.05) is 50.2 Å². The fourth-order valence-corrected chi connectivity index (χ4v) is 3.42. The number of hydrogen-bond acceptors (Lipinski definition) is 5. The van der Waals surface area contributed by atoms with E-state index < -0.39 is 0 Å². The summed E-state index contributed by atoms with van der Waals surface area (Å²) in [4.78, 5) is 4.46. The number of hydrogen-bond donors (Lipinski definition) is 0.